The Hall–Kier alpha value is -1.61. The van der Waals surface area contributed by atoms with Crippen molar-refractivity contribution in [1.82, 2.24) is 0 Å². The molecular weight excluding hydrogens is 321 g/mol. The van der Waals surface area contributed by atoms with Gasteiger partial charge in [-0.25, -0.2) is 4.39 Å². The number of nitriles is 1. The quantitative estimate of drug-likeness (QED) is 0.932. The third-order valence-electron chi connectivity index (χ3n) is 3.97. The van der Waals surface area contributed by atoms with Gasteiger partial charge in [0, 0.05) is 0 Å². The Morgan fingerprint density at radius 3 is 2.68 bits per heavy atom. The summed E-state index contributed by atoms with van der Waals surface area (Å²) in [6, 6.07) is 10.8. The standard InChI is InChI=1S/C16H15ClFN3S/c17-16-5-4-12(22-16)11-20-6-8-21(9-7-20)15-3-1-2-14(18)13(15)10-19/h1-5H,6-9,11H2/p+1. The predicted molar refractivity (Wildman–Crippen MR) is 87.1 cm³/mol. The van der Waals surface area contributed by atoms with Crippen LogP contribution in [-0.4, -0.2) is 26.2 Å². The number of halogens is 2. The lowest BCUT2D eigenvalue weighted by molar-refractivity contribution is -0.914. The van der Waals surface area contributed by atoms with E-state index in [1.54, 1.807) is 17.4 Å². The normalized spacial score (nSPS) is 15.8. The molecule has 1 aromatic heterocycles. The van der Waals surface area contributed by atoms with Crippen molar-refractivity contribution in [2.75, 3.05) is 31.1 Å². The first-order chi connectivity index (χ1) is 10.7. The third kappa shape index (κ3) is 3.25. The molecule has 1 saturated heterocycles. The fourth-order valence-corrected chi connectivity index (χ4v) is 3.98. The molecule has 0 amide bonds. The van der Waals surface area contributed by atoms with Crippen LogP contribution in [0, 0.1) is 17.1 Å². The van der Waals surface area contributed by atoms with Crippen molar-refractivity contribution in [3.63, 3.8) is 0 Å². The molecule has 1 aliphatic rings. The maximum atomic E-state index is 13.7. The van der Waals surface area contributed by atoms with Gasteiger partial charge in [-0.05, 0) is 24.3 Å². The van der Waals surface area contributed by atoms with Crippen LogP contribution in [0.4, 0.5) is 10.1 Å². The summed E-state index contributed by atoms with van der Waals surface area (Å²) in [5, 5.41) is 9.15. The summed E-state index contributed by atoms with van der Waals surface area (Å²) < 4.78 is 14.5. The number of rotatable bonds is 3. The second-order valence-electron chi connectivity index (χ2n) is 5.37. The maximum Gasteiger partial charge on any atom is 0.143 e. The molecule has 0 saturated carbocycles. The van der Waals surface area contributed by atoms with Crippen molar-refractivity contribution in [1.29, 1.82) is 5.26 Å². The monoisotopic (exact) mass is 336 g/mol. The summed E-state index contributed by atoms with van der Waals surface area (Å²) in [6.45, 7) is 4.56. The minimum absolute atomic E-state index is 0.149. The number of nitrogens with zero attached hydrogens (tertiary/aromatic N) is 2. The first-order valence-electron chi connectivity index (χ1n) is 7.18. The lowest BCUT2D eigenvalue weighted by atomic mass is 10.1. The molecule has 22 heavy (non-hydrogen) atoms. The minimum Gasteiger partial charge on any atom is -0.359 e. The Morgan fingerprint density at radius 2 is 2.05 bits per heavy atom. The molecule has 1 aliphatic heterocycles. The summed E-state index contributed by atoms with van der Waals surface area (Å²) >= 11 is 7.59. The Kier molecular flexibility index (Phi) is 4.63. The average Bonchev–Trinajstić information content (AvgIpc) is 2.93. The number of hydrogen-bond acceptors (Lipinski definition) is 3. The van der Waals surface area contributed by atoms with E-state index in [2.05, 4.69) is 11.0 Å². The van der Waals surface area contributed by atoms with E-state index in [4.69, 9.17) is 16.9 Å². The van der Waals surface area contributed by atoms with Crippen LogP contribution in [0.25, 0.3) is 0 Å². The predicted octanol–water partition coefficient (Wildman–Crippen LogP) is 2.32. The number of benzene rings is 1. The number of hydrogen-bond donors (Lipinski definition) is 1. The molecule has 0 bridgehead atoms. The third-order valence-corrected chi connectivity index (χ3v) is 5.20. The van der Waals surface area contributed by atoms with Gasteiger partial charge in [-0.15, -0.1) is 11.3 Å². The number of quaternary nitrogens is 1. The zero-order chi connectivity index (χ0) is 15.5. The highest BCUT2D eigenvalue weighted by Gasteiger charge is 2.23. The van der Waals surface area contributed by atoms with Gasteiger partial charge < -0.3 is 9.80 Å². The molecule has 3 nitrogen and oxygen atoms in total. The molecule has 114 valence electrons. The van der Waals surface area contributed by atoms with Crippen LogP contribution in [0.1, 0.15) is 10.4 Å². The minimum atomic E-state index is -0.442. The Morgan fingerprint density at radius 1 is 1.27 bits per heavy atom. The van der Waals surface area contributed by atoms with Crippen LogP contribution < -0.4 is 9.80 Å². The SMILES string of the molecule is N#Cc1c(F)cccc1N1CC[NH+](Cc2ccc(Cl)s2)CC1. The highest BCUT2D eigenvalue weighted by atomic mass is 35.5. The van der Waals surface area contributed by atoms with Gasteiger partial charge in [0.15, 0.2) is 0 Å². The van der Waals surface area contributed by atoms with E-state index in [1.807, 2.05) is 18.2 Å². The van der Waals surface area contributed by atoms with Crippen LogP contribution >= 0.6 is 22.9 Å². The second-order valence-corrected chi connectivity index (χ2v) is 7.17. The van der Waals surface area contributed by atoms with Gasteiger partial charge in [0.2, 0.25) is 0 Å². The molecule has 6 heteroatoms. The summed E-state index contributed by atoms with van der Waals surface area (Å²) in [6.07, 6.45) is 0. The van der Waals surface area contributed by atoms with Crippen molar-refractivity contribution in [2.45, 2.75) is 6.54 Å². The largest absolute Gasteiger partial charge is 0.359 e. The van der Waals surface area contributed by atoms with Crippen molar-refractivity contribution in [3.05, 3.63) is 50.9 Å². The Bertz CT molecular complexity index is 702. The molecule has 0 unspecified atom stereocenters. The molecule has 2 aromatic rings. The van der Waals surface area contributed by atoms with Gasteiger partial charge >= 0.3 is 0 Å². The number of thiophene rings is 1. The van der Waals surface area contributed by atoms with Gasteiger partial charge in [0.25, 0.3) is 0 Å². The molecule has 0 aliphatic carbocycles. The van der Waals surface area contributed by atoms with Crippen LogP contribution in [0.15, 0.2) is 30.3 Å². The lowest BCUT2D eigenvalue weighted by Gasteiger charge is -2.33. The van der Waals surface area contributed by atoms with Crippen molar-refractivity contribution < 1.29 is 9.29 Å². The molecule has 2 heterocycles. The van der Waals surface area contributed by atoms with Crippen molar-refractivity contribution >= 4 is 28.6 Å². The summed E-state index contributed by atoms with van der Waals surface area (Å²) in [4.78, 5) is 4.88. The highest BCUT2D eigenvalue weighted by molar-refractivity contribution is 7.16. The number of anilines is 1. The topological polar surface area (TPSA) is 31.5 Å². The van der Waals surface area contributed by atoms with Crippen molar-refractivity contribution in [2.24, 2.45) is 0 Å². The zero-order valence-electron chi connectivity index (χ0n) is 12.0. The van der Waals surface area contributed by atoms with Gasteiger partial charge in [-0.1, -0.05) is 17.7 Å². The van der Waals surface area contributed by atoms with Gasteiger partial charge in [0.1, 0.15) is 24.0 Å². The first kappa shape index (κ1) is 15.3. The van der Waals surface area contributed by atoms with Gasteiger partial charge in [-0.3, -0.25) is 0 Å². The van der Waals surface area contributed by atoms with E-state index >= 15 is 0 Å². The zero-order valence-corrected chi connectivity index (χ0v) is 13.6. The number of nitrogens with one attached hydrogen (secondary N) is 1. The van der Waals surface area contributed by atoms with Crippen LogP contribution in [0.5, 0.6) is 0 Å². The Balaban J connectivity index is 1.65. The maximum absolute atomic E-state index is 13.7. The first-order valence-corrected chi connectivity index (χ1v) is 8.38. The summed E-state index contributed by atoms with van der Waals surface area (Å²) in [7, 11) is 0. The number of piperazine rings is 1. The Labute approximate surface area is 138 Å². The molecule has 0 atom stereocenters. The van der Waals surface area contributed by atoms with Crippen LogP contribution in [0.2, 0.25) is 4.34 Å². The van der Waals surface area contributed by atoms with E-state index in [1.165, 1.54) is 15.8 Å². The van der Waals surface area contributed by atoms with E-state index in [9.17, 15) is 4.39 Å². The second kappa shape index (κ2) is 6.66. The molecule has 1 aromatic carbocycles. The fourth-order valence-electron chi connectivity index (χ4n) is 2.82. The van der Waals surface area contributed by atoms with Gasteiger partial charge in [-0.2, -0.15) is 5.26 Å². The fraction of sp³-hybridized carbons (Fsp3) is 0.312. The molecule has 1 fully saturated rings. The molecule has 0 spiro atoms. The van der Waals surface area contributed by atoms with Crippen LogP contribution in [-0.2, 0) is 6.54 Å². The average molecular weight is 337 g/mol. The van der Waals surface area contributed by atoms with Gasteiger partial charge in [0.05, 0.1) is 41.1 Å². The molecular formula is C16H16ClFN3S+. The summed E-state index contributed by atoms with van der Waals surface area (Å²) in [5.41, 5.74) is 0.858. The molecule has 0 radical (unpaired) electrons. The van der Waals surface area contributed by atoms with Crippen LogP contribution in [0.3, 0.4) is 0 Å². The molecule has 3 rings (SSSR count). The molecule has 1 N–H and O–H groups in total. The summed E-state index contributed by atoms with van der Waals surface area (Å²) in [5.74, 6) is -0.442. The lowest BCUT2D eigenvalue weighted by Crippen LogP contribution is -3.13. The van der Waals surface area contributed by atoms with E-state index in [0.717, 1.165) is 37.1 Å². The smallest absolute Gasteiger partial charge is 0.143 e. The van der Waals surface area contributed by atoms with Crippen molar-refractivity contribution in [3.8, 4) is 6.07 Å². The van der Waals surface area contributed by atoms with E-state index in [0.29, 0.717) is 5.69 Å². The highest BCUT2D eigenvalue weighted by Crippen LogP contribution is 2.23. The van der Waals surface area contributed by atoms with E-state index in [-0.39, 0.29) is 5.56 Å². The van der Waals surface area contributed by atoms with E-state index < -0.39 is 5.82 Å².